The number of hydrogen-bond acceptors (Lipinski definition) is 4. The molecule has 0 amide bonds. The van der Waals surface area contributed by atoms with Gasteiger partial charge in [-0.05, 0) is 59.3 Å². The van der Waals surface area contributed by atoms with Crippen LogP contribution in [0.1, 0.15) is 35.2 Å². The van der Waals surface area contributed by atoms with Crippen LogP contribution in [0.3, 0.4) is 0 Å². The molecule has 0 fully saturated rings. The van der Waals surface area contributed by atoms with E-state index in [2.05, 4.69) is 49.2 Å². The average Bonchev–Trinajstić information content (AvgIpc) is 2.66. The van der Waals surface area contributed by atoms with E-state index in [0.29, 0.717) is 17.9 Å². The maximum Gasteiger partial charge on any atom is 0.255 e. The summed E-state index contributed by atoms with van der Waals surface area (Å²) in [6.07, 6.45) is 7.03. The molecule has 0 aliphatic heterocycles. The van der Waals surface area contributed by atoms with Crippen LogP contribution in [0.4, 0.5) is 5.95 Å². The molecule has 0 spiro atoms. The Bertz CT molecular complexity index is 940. The molecule has 0 aliphatic carbocycles. The maximum absolute atomic E-state index is 12.2. The molecule has 0 aliphatic rings. The predicted molar refractivity (Wildman–Crippen MR) is 112 cm³/mol. The van der Waals surface area contributed by atoms with Crippen molar-refractivity contribution in [2.24, 2.45) is 0 Å². The molecule has 1 aromatic carbocycles. The number of aromatic amines is 1. The van der Waals surface area contributed by atoms with E-state index in [1.54, 1.807) is 6.20 Å². The van der Waals surface area contributed by atoms with Gasteiger partial charge in [-0.15, -0.1) is 0 Å². The van der Waals surface area contributed by atoms with Gasteiger partial charge in [0.2, 0.25) is 5.95 Å². The SMILES string of the molecule is Cc1cc(Br)cnc1CCCCNc1ncc(Cc2ccccc2)c(=O)[nH]1. The molecule has 2 N–H and O–H groups in total. The van der Waals surface area contributed by atoms with Gasteiger partial charge in [0.25, 0.3) is 5.56 Å². The van der Waals surface area contributed by atoms with Crippen LogP contribution in [0, 0.1) is 6.92 Å². The Morgan fingerprint density at radius 2 is 1.93 bits per heavy atom. The summed E-state index contributed by atoms with van der Waals surface area (Å²) in [6, 6.07) is 12.0. The Hall–Kier alpha value is -2.47. The third kappa shape index (κ3) is 5.76. The number of anilines is 1. The van der Waals surface area contributed by atoms with Crippen molar-refractivity contribution in [2.45, 2.75) is 32.6 Å². The van der Waals surface area contributed by atoms with Gasteiger partial charge in [-0.2, -0.15) is 0 Å². The zero-order valence-electron chi connectivity index (χ0n) is 15.3. The van der Waals surface area contributed by atoms with E-state index in [4.69, 9.17) is 0 Å². The zero-order valence-corrected chi connectivity index (χ0v) is 16.9. The fourth-order valence-corrected chi connectivity index (χ4v) is 3.35. The molecule has 3 aromatic rings. The van der Waals surface area contributed by atoms with Gasteiger partial charge in [0.05, 0.1) is 0 Å². The van der Waals surface area contributed by atoms with E-state index in [-0.39, 0.29) is 5.56 Å². The van der Waals surface area contributed by atoms with Gasteiger partial charge in [-0.3, -0.25) is 14.8 Å². The quantitative estimate of drug-likeness (QED) is 0.527. The Balaban J connectivity index is 1.46. The van der Waals surface area contributed by atoms with Crippen LogP contribution >= 0.6 is 15.9 Å². The van der Waals surface area contributed by atoms with Gasteiger partial charge in [0.15, 0.2) is 0 Å². The molecule has 0 saturated carbocycles. The zero-order chi connectivity index (χ0) is 19.1. The van der Waals surface area contributed by atoms with E-state index in [0.717, 1.165) is 41.5 Å². The number of H-pyrrole nitrogens is 1. The second kappa shape index (κ2) is 9.46. The van der Waals surface area contributed by atoms with Crippen molar-refractivity contribution in [2.75, 3.05) is 11.9 Å². The highest BCUT2D eigenvalue weighted by Gasteiger charge is 2.04. The molecule has 140 valence electrons. The van der Waals surface area contributed by atoms with Gasteiger partial charge in [0, 0.05) is 41.1 Å². The van der Waals surface area contributed by atoms with Gasteiger partial charge < -0.3 is 5.32 Å². The number of nitrogens with zero attached hydrogens (tertiary/aromatic N) is 2. The van der Waals surface area contributed by atoms with E-state index in [9.17, 15) is 4.79 Å². The number of benzene rings is 1. The Morgan fingerprint density at radius 3 is 2.67 bits per heavy atom. The summed E-state index contributed by atoms with van der Waals surface area (Å²) >= 11 is 3.44. The van der Waals surface area contributed by atoms with Crippen molar-refractivity contribution in [1.82, 2.24) is 15.0 Å². The minimum absolute atomic E-state index is 0.0916. The molecular weight excluding hydrogens is 404 g/mol. The molecule has 0 atom stereocenters. The Kier molecular flexibility index (Phi) is 6.76. The summed E-state index contributed by atoms with van der Waals surface area (Å²) in [5.41, 5.74) is 4.02. The molecule has 27 heavy (non-hydrogen) atoms. The summed E-state index contributed by atoms with van der Waals surface area (Å²) in [6.45, 7) is 2.84. The number of nitrogens with one attached hydrogen (secondary N) is 2. The normalized spacial score (nSPS) is 10.7. The molecule has 0 saturated heterocycles. The molecule has 0 radical (unpaired) electrons. The van der Waals surface area contributed by atoms with Crippen LogP contribution in [0.25, 0.3) is 0 Å². The first-order valence-corrected chi connectivity index (χ1v) is 9.88. The van der Waals surface area contributed by atoms with Gasteiger partial charge in [-0.25, -0.2) is 4.98 Å². The molecule has 5 nitrogen and oxygen atoms in total. The number of halogens is 1. The van der Waals surface area contributed by atoms with Crippen molar-refractivity contribution in [1.29, 1.82) is 0 Å². The number of aryl methyl sites for hydroxylation is 2. The van der Waals surface area contributed by atoms with Gasteiger partial charge >= 0.3 is 0 Å². The first-order chi connectivity index (χ1) is 13.1. The second-order valence-electron chi connectivity index (χ2n) is 6.55. The minimum atomic E-state index is -0.0916. The van der Waals surface area contributed by atoms with Crippen molar-refractivity contribution in [3.8, 4) is 0 Å². The van der Waals surface area contributed by atoms with Crippen molar-refractivity contribution >= 4 is 21.9 Å². The molecule has 3 rings (SSSR count). The predicted octanol–water partition coefficient (Wildman–Crippen LogP) is 4.26. The number of pyridine rings is 1. The Morgan fingerprint density at radius 1 is 1.11 bits per heavy atom. The second-order valence-corrected chi connectivity index (χ2v) is 7.47. The third-order valence-electron chi connectivity index (χ3n) is 4.40. The van der Waals surface area contributed by atoms with Crippen LogP contribution in [-0.2, 0) is 12.8 Å². The summed E-state index contributed by atoms with van der Waals surface area (Å²) in [5.74, 6) is 0.523. The highest BCUT2D eigenvalue weighted by atomic mass is 79.9. The summed E-state index contributed by atoms with van der Waals surface area (Å²) in [5, 5.41) is 3.19. The standard InChI is InChI=1S/C21H23BrN4O/c1-15-11-18(22)14-24-19(15)9-5-6-10-23-21-25-13-17(20(27)26-21)12-16-7-3-2-4-8-16/h2-4,7-8,11,13-14H,5-6,9-10,12H2,1H3,(H2,23,25,26,27). The first kappa shape index (κ1) is 19.3. The fourth-order valence-electron chi connectivity index (χ4n) is 2.91. The molecule has 0 bridgehead atoms. The van der Waals surface area contributed by atoms with Crippen LogP contribution in [0.15, 0.2) is 58.1 Å². The van der Waals surface area contributed by atoms with Crippen molar-refractivity contribution in [3.05, 3.63) is 86.0 Å². The third-order valence-corrected chi connectivity index (χ3v) is 4.83. The molecular formula is C21H23BrN4O. The monoisotopic (exact) mass is 426 g/mol. The lowest BCUT2D eigenvalue weighted by Gasteiger charge is -2.08. The summed E-state index contributed by atoms with van der Waals surface area (Å²) < 4.78 is 1.01. The van der Waals surface area contributed by atoms with Crippen molar-refractivity contribution in [3.63, 3.8) is 0 Å². The van der Waals surface area contributed by atoms with Gasteiger partial charge in [0.1, 0.15) is 0 Å². The van der Waals surface area contributed by atoms with Crippen LogP contribution < -0.4 is 10.9 Å². The largest absolute Gasteiger partial charge is 0.356 e. The number of unbranched alkanes of at least 4 members (excludes halogenated alkanes) is 1. The molecule has 2 heterocycles. The number of hydrogen-bond donors (Lipinski definition) is 2. The lowest BCUT2D eigenvalue weighted by Crippen LogP contribution is -2.17. The molecule has 2 aromatic heterocycles. The Labute approximate surface area is 167 Å². The summed E-state index contributed by atoms with van der Waals surface area (Å²) in [4.78, 5) is 23.9. The van der Waals surface area contributed by atoms with Gasteiger partial charge in [-0.1, -0.05) is 30.3 Å². The maximum atomic E-state index is 12.2. The van der Waals surface area contributed by atoms with E-state index < -0.39 is 0 Å². The highest BCUT2D eigenvalue weighted by Crippen LogP contribution is 2.14. The average molecular weight is 427 g/mol. The number of aromatic nitrogens is 3. The minimum Gasteiger partial charge on any atom is -0.356 e. The summed E-state index contributed by atoms with van der Waals surface area (Å²) in [7, 11) is 0. The smallest absolute Gasteiger partial charge is 0.255 e. The van der Waals surface area contributed by atoms with Crippen LogP contribution in [0.2, 0.25) is 0 Å². The topological polar surface area (TPSA) is 70.7 Å². The van der Waals surface area contributed by atoms with Crippen molar-refractivity contribution < 1.29 is 0 Å². The molecule has 6 heteroatoms. The van der Waals surface area contributed by atoms with E-state index in [1.807, 2.05) is 36.5 Å². The highest BCUT2D eigenvalue weighted by molar-refractivity contribution is 9.10. The van der Waals surface area contributed by atoms with Crippen LogP contribution in [0.5, 0.6) is 0 Å². The van der Waals surface area contributed by atoms with Crippen LogP contribution in [-0.4, -0.2) is 21.5 Å². The lowest BCUT2D eigenvalue weighted by atomic mass is 10.1. The van der Waals surface area contributed by atoms with E-state index >= 15 is 0 Å². The van der Waals surface area contributed by atoms with E-state index in [1.165, 1.54) is 5.56 Å². The molecule has 0 unspecified atom stereocenters. The lowest BCUT2D eigenvalue weighted by molar-refractivity contribution is 0.741. The number of rotatable bonds is 8. The fraction of sp³-hybridized carbons (Fsp3) is 0.286. The first-order valence-electron chi connectivity index (χ1n) is 9.09.